The first-order valence-electron chi connectivity index (χ1n) is 21.0. The zero-order chi connectivity index (χ0) is 43.3. The first kappa shape index (κ1) is 51.9. The van der Waals surface area contributed by atoms with E-state index in [1.165, 1.54) is 25.3 Å². The standard InChI is InChI=1S/C20H33O4P.C15H22O2.C8H20O5P2/c1-6-23-25(22,24-7-2)14-11-16-9-10-18-19(3,4)12-8-13-20(18,5)17(16)15-21;1-14(2)7-4-8-15(3)12(10-17)11(9-16)5-6-13(14)15;1-5-11-14(4,9)8-15(10,12-6-2)13-7-3/h9,11,14-15,17-18H,6-8,10,12-13H2,1-5H3;5,9-10,12-13H,4,6-8H2,1-3H3;5-8H2,1-4H3/b14-11+;;/t17-,18-,20+;12-,13-,15+;/m00./s1. The van der Waals surface area contributed by atoms with Crippen molar-refractivity contribution >= 4 is 41.4 Å². The van der Waals surface area contributed by atoms with Gasteiger partial charge in [0.05, 0.1) is 33.0 Å². The van der Waals surface area contributed by atoms with Gasteiger partial charge in [-0.05, 0) is 118 Å². The summed E-state index contributed by atoms with van der Waals surface area (Å²) in [6.07, 6.45) is 17.7. The van der Waals surface area contributed by atoms with Crippen LogP contribution in [0.2, 0.25) is 0 Å². The number of rotatable bonds is 17. The van der Waals surface area contributed by atoms with Gasteiger partial charge in [-0.1, -0.05) is 72.6 Å². The molecule has 0 N–H and O–H groups in total. The van der Waals surface area contributed by atoms with Crippen LogP contribution in [0.15, 0.2) is 35.2 Å². The molecule has 328 valence electrons. The highest BCUT2D eigenvalue weighted by Crippen LogP contribution is 2.62. The number of aldehydes is 3. The van der Waals surface area contributed by atoms with Crippen molar-refractivity contribution in [1.29, 1.82) is 0 Å². The maximum Gasteiger partial charge on any atom is 0.354 e. The molecule has 0 radical (unpaired) electrons. The highest BCUT2D eigenvalue weighted by molar-refractivity contribution is 7.73. The topological polar surface area (TPSA) is 149 Å². The molecule has 0 aromatic carbocycles. The van der Waals surface area contributed by atoms with Crippen LogP contribution in [0.4, 0.5) is 0 Å². The van der Waals surface area contributed by atoms with Gasteiger partial charge in [0.15, 0.2) is 0 Å². The first-order valence-corrected chi connectivity index (χ1v) is 26.6. The molecule has 0 amide bonds. The van der Waals surface area contributed by atoms with Crippen LogP contribution in [0.25, 0.3) is 0 Å². The lowest BCUT2D eigenvalue weighted by Crippen LogP contribution is -2.49. The van der Waals surface area contributed by atoms with Crippen LogP contribution >= 0.6 is 22.6 Å². The summed E-state index contributed by atoms with van der Waals surface area (Å²) in [6.45, 7) is 25.4. The predicted octanol–water partition coefficient (Wildman–Crippen LogP) is 12.1. The Balaban J connectivity index is 0.000000309. The van der Waals surface area contributed by atoms with E-state index in [-0.39, 0.29) is 52.6 Å². The molecule has 0 aromatic heterocycles. The van der Waals surface area contributed by atoms with Crippen molar-refractivity contribution in [3.05, 3.63) is 35.2 Å². The maximum absolute atomic E-state index is 12.7. The minimum absolute atomic E-state index is 0.0194. The largest absolute Gasteiger partial charge is 0.354 e. The van der Waals surface area contributed by atoms with Gasteiger partial charge in [0, 0.05) is 24.3 Å². The molecule has 0 aliphatic heterocycles. The molecular weight excluding hydrogens is 785 g/mol. The van der Waals surface area contributed by atoms with Crippen molar-refractivity contribution in [3.8, 4) is 0 Å². The molecule has 1 unspecified atom stereocenters. The van der Waals surface area contributed by atoms with Crippen LogP contribution in [0.3, 0.4) is 0 Å². The number of hydrogen-bond donors (Lipinski definition) is 0. The maximum atomic E-state index is 12.7. The summed E-state index contributed by atoms with van der Waals surface area (Å²) < 4.78 is 62.3. The number of carbonyl (C=O) groups excluding carboxylic acids is 3. The van der Waals surface area contributed by atoms with Gasteiger partial charge < -0.3 is 32.2 Å². The molecule has 7 atom stereocenters. The summed E-state index contributed by atoms with van der Waals surface area (Å²) in [5.74, 6) is 2.02. The fraction of sp³-hybridized carbons (Fsp3) is 0.791. The zero-order valence-corrected chi connectivity index (χ0v) is 39.8. The normalized spacial score (nSPS) is 30.4. The minimum atomic E-state index is -3.26. The van der Waals surface area contributed by atoms with Crippen molar-refractivity contribution in [2.24, 2.45) is 45.3 Å². The Morgan fingerprint density at radius 3 is 1.40 bits per heavy atom. The van der Waals surface area contributed by atoms with Gasteiger partial charge in [0.1, 0.15) is 24.8 Å². The van der Waals surface area contributed by atoms with Crippen LogP contribution in [-0.2, 0) is 50.7 Å². The second kappa shape index (κ2) is 22.0. The summed E-state index contributed by atoms with van der Waals surface area (Å²) in [5.41, 5.74) is 2.11. The molecule has 14 heteroatoms. The van der Waals surface area contributed by atoms with Crippen molar-refractivity contribution in [2.45, 2.75) is 128 Å². The van der Waals surface area contributed by atoms with E-state index in [0.29, 0.717) is 37.2 Å². The molecule has 2 fully saturated rings. The van der Waals surface area contributed by atoms with E-state index in [4.69, 9.17) is 22.6 Å². The minimum Gasteiger partial charge on any atom is -0.328 e. The third-order valence-corrected chi connectivity index (χ3v) is 20.1. The van der Waals surface area contributed by atoms with E-state index in [0.717, 1.165) is 63.0 Å². The lowest BCUT2D eigenvalue weighted by atomic mass is 9.49. The third kappa shape index (κ3) is 13.4. The fourth-order valence-corrected chi connectivity index (χ4v) is 16.6. The summed E-state index contributed by atoms with van der Waals surface area (Å²) >= 11 is 0. The molecule has 0 spiro atoms. The van der Waals surface area contributed by atoms with Gasteiger partial charge in [0.25, 0.3) is 0 Å². The van der Waals surface area contributed by atoms with Crippen LogP contribution in [0.5, 0.6) is 0 Å². The molecule has 0 aromatic rings. The number of fused-ring (bicyclic) bond motifs is 2. The van der Waals surface area contributed by atoms with Crippen molar-refractivity contribution in [2.75, 3.05) is 45.6 Å². The molecular formula is C43H75O11P3. The molecule has 4 rings (SSSR count). The Morgan fingerprint density at radius 1 is 0.614 bits per heavy atom. The Hall–Kier alpha value is -1.28. The molecule has 0 bridgehead atoms. The van der Waals surface area contributed by atoms with Gasteiger partial charge >= 0.3 is 15.2 Å². The molecule has 4 aliphatic rings. The summed E-state index contributed by atoms with van der Waals surface area (Å²) in [4.78, 5) is 34.5. The van der Waals surface area contributed by atoms with E-state index < -0.39 is 22.6 Å². The van der Waals surface area contributed by atoms with Gasteiger partial charge in [-0.15, -0.1) is 0 Å². The van der Waals surface area contributed by atoms with Gasteiger partial charge in [-0.25, -0.2) is 0 Å². The molecule has 4 aliphatic carbocycles. The van der Waals surface area contributed by atoms with Crippen LogP contribution in [0, 0.1) is 45.3 Å². The highest BCUT2D eigenvalue weighted by Gasteiger charge is 2.53. The second-order valence-electron chi connectivity index (χ2n) is 17.7. The van der Waals surface area contributed by atoms with Gasteiger partial charge in [0.2, 0.25) is 7.37 Å². The summed E-state index contributed by atoms with van der Waals surface area (Å²) in [5, 5.41) is 0. The molecule has 11 nitrogen and oxygen atoms in total. The average molecular weight is 861 g/mol. The SMILES string of the molecule is CC1(C)CCC[C@]2(C)[C@@H](C=O)C(C=O)=CC[C@@H]12.CCOP(=O)(/C=C/C1=CC[C@H]2C(C)(C)CCC[C@]2(C)[C@H]1C=O)OCC.CCOP(C)(=O)CP(=O)(OCC)OCC. The van der Waals surface area contributed by atoms with Crippen molar-refractivity contribution in [1.82, 2.24) is 0 Å². The van der Waals surface area contributed by atoms with Gasteiger partial charge in [-0.3, -0.25) is 18.5 Å². The lowest BCUT2D eigenvalue weighted by Gasteiger charge is -2.55. The predicted molar refractivity (Wildman–Crippen MR) is 230 cm³/mol. The van der Waals surface area contributed by atoms with Crippen LogP contribution in [-0.4, -0.2) is 64.5 Å². The van der Waals surface area contributed by atoms with E-state index in [1.807, 2.05) is 6.08 Å². The van der Waals surface area contributed by atoms with Crippen LogP contribution in [0.1, 0.15) is 128 Å². The van der Waals surface area contributed by atoms with Crippen molar-refractivity contribution < 1.29 is 50.7 Å². The van der Waals surface area contributed by atoms with Crippen molar-refractivity contribution in [3.63, 3.8) is 0 Å². The van der Waals surface area contributed by atoms with E-state index in [2.05, 4.69) is 47.6 Å². The van der Waals surface area contributed by atoms with E-state index in [9.17, 15) is 28.1 Å². The number of hydrogen-bond acceptors (Lipinski definition) is 11. The number of allylic oxidation sites excluding steroid dienone is 5. The van der Waals surface area contributed by atoms with E-state index >= 15 is 0 Å². The fourth-order valence-electron chi connectivity index (χ4n) is 10.3. The Kier molecular flexibility index (Phi) is 20.0. The third-order valence-electron chi connectivity index (χ3n) is 12.8. The molecule has 57 heavy (non-hydrogen) atoms. The van der Waals surface area contributed by atoms with Gasteiger partial charge in [-0.2, -0.15) is 0 Å². The Bertz CT molecular complexity index is 1560. The highest BCUT2D eigenvalue weighted by atomic mass is 31.2. The molecule has 0 saturated heterocycles. The average Bonchev–Trinajstić information content (AvgIpc) is 3.10. The van der Waals surface area contributed by atoms with Crippen LogP contribution < -0.4 is 0 Å². The summed E-state index contributed by atoms with van der Waals surface area (Å²) in [7, 11) is -9.39. The smallest absolute Gasteiger partial charge is 0.328 e. The molecule has 2 saturated carbocycles. The quantitative estimate of drug-likeness (QED) is 0.102. The Morgan fingerprint density at radius 2 is 1.02 bits per heavy atom. The monoisotopic (exact) mass is 860 g/mol. The lowest BCUT2D eigenvalue weighted by molar-refractivity contribution is -0.122. The first-order chi connectivity index (χ1) is 26.6. The summed E-state index contributed by atoms with van der Waals surface area (Å²) in [6, 6.07) is 0. The zero-order valence-electron chi connectivity index (χ0n) is 37.1. The molecule has 0 heterocycles. The Labute approximate surface area is 344 Å². The number of carbonyl (C=O) groups is 3. The second-order valence-corrected chi connectivity index (χ2v) is 24.8. The van der Waals surface area contributed by atoms with E-state index in [1.54, 1.807) is 40.7 Å².